The van der Waals surface area contributed by atoms with E-state index in [1.165, 1.54) is 0 Å². The molecule has 5 heteroatoms. The molecule has 0 aliphatic heterocycles. The molecule has 0 unspecified atom stereocenters. The van der Waals surface area contributed by atoms with Crippen LogP contribution < -0.4 is 14.8 Å². The number of methoxy groups -OCH3 is 1. The molecule has 2 aromatic carbocycles. The molecule has 0 spiro atoms. The van der Waals surface area contributed by atoms with Crippen molar-refractivity contribution in [2.75, 3.05) is 19.0 Å². The molecule has 0 aliphatic rings. The number of benzene rings is 2. The average molecular weight is 308 g/mol. The van der Waals surface area contributed by atoms with Gasteiger partial charge in [-0.1, -0.05) is 24.3 Å². The van der Waals surface area contributed by atoms with Gasteiger partial charge < -0.3 is 14.8 Å². The molecule has 0 saturated heterocycles. The summed E-state index contributed by atoms with van der Waals surface area (Å²) in [6, 6.07) is 16.6. The maximum Gasteiger partial charge on any atom is 0.262 e. The Bertz CT molecular complexity index is 828. The molecule has 23 heavy (non-hydrogen) atoms. The van der Waals surface area contributed by atoms with Crippen LogP contribution in [-0.2, 0) is 4.79 Å². The summed E-state index contributed by atoms with van der Waals surface area (Å²) in [5.41, 5.74) is 1.40. The first-order chi connectivity index (χ1) is 11.3. The normalized spacial score (nSPS) is 10.3. The summed E-state index contributed by atoms with van der Waals surface area (Å²) in [5.74, 6) is 1.03. The number of aromatic nitrogens is 1. The van der Waals surface area contributed by atoms with Crippen LogP contribution >= 0.6 is 0 Å². The standard InChI is InChI=1S/C18H16N2O3/c1-22-15-8-3-7-14(11-15)20-17(21)12-23-16-9-2-5-13-6-4-10-19-18(13)16/h2-11H,12H2,1H3,(H,20,21). The van der Waals surface area contributed by atoms with E-state index in [1.807, 2.05) is 36.4 Å². The minimum absolute atomic E-state index is 0.0904. The van der Waals surface area contributed by atoms with Gasteiger partial charge in [0.15, 0.2) is 6.61 Å². The molecule has 0 bridgehead atoms. The van der Waals surface area contributed by atoms with Crippen LogP contribution in [0.2, 0.25) is 0 Å². The highest BCUT2D eigenvalue weighted by atomic mass is 16.5. The number of fused-ring (bicyclic) bond motifs is 1. The number of ether oxygens (including phenoxy) is 2. The SMILES string of the molecule is COc1cccc(NC(=O)COc2cccc3cccnc23)c1. The highest BCUT2D eigenvalue weighted by molar-refractivity contribution is 5.92. The fourth-order valence-electron chi connectivity index (χ4n) is 2.23. The first kappa shape index (κ1) is 14.8. The topological polar surface area (TPSA) is 60.5 Å². The minimum Gasteiger partial charge on any atom is -0.497 e. The third-order valence-corrected chi connectivity index (χ3v) is 3.31. The summed E-state index contributed by atoms with van der Waals surface area (Å²) in [6.07, 6.45) is 1.70. The largest absolute Gasteiger partial charge is 0.497 e. The van der Waals surface area contributed by atoms with Crippen LogP contribution in [0, 0.1) is 0 Å². The lowest BCUT2D eigenvalue weighted by Crippen LogP contribution is -2.20. The van der Waals surface area contributed by atoms with Crippen LogP contribution in [0.1, 0.15) is 0 Å². The maximum absolute atomic E-state index is 12.0. The molecule has 1 N–H and O–H groups in total. The Morgan fingerprint density at radius 1 is 1.13 bits per heavy atom. The number of hydrogen-bond donors (Lipinski definition) is 1. The second-order valence-electron chi connectivity index (χ2n) is 4.90. The molecule has 0 saturated carbocycles. The first-order valence-electron chi connectivity index (χ1n) is 7.17. The summed E-state index contributed by atoms with van der Waals surface area (Å²) < 4.78 is 10.7. The number of amides is 1. The third-order valence-electron chi connectivity index (χ3n) is 3.31. The van der Waals surface area contributed by atoms with Crippen LogP contribution in [0.3, 0.4) is 0 Å². The molecule has 3 rings (SSSR count). The second-order valence-corrected chi connectivity index (χ2v) is 4.90. The Labute approximate surface area is 133 Å². The number of anilines is 1. The van der Waals surface area contributed by atoms with E-state index in [0.29, 0.717) is 17.2 Å². The lowest BCUT2D eigenvalue weighted by atomic mass is 10.2. The van der Waals surface area contributed by atoms with Gasteiger partial charge in [-0.05, 0) is 24.3 Å². The average Bonchev–Trinajstić information content (AvgIpc) is 2.60. The number of carbonyl (C=O) groups excluding carboxylic acids is 1. The van der Waals surface area contributed by atoms with E-state index in [0.717, 1.165) is 10.9 Å². The summed E-state index contributed by atoms with van der Waals surface area (Å²) >= 11 is 0. The zero-order chi connectivity index (χ0) is 16.1. The van der Waals surface area contributed by atoms with Crippen molar-refractivity contribution in [3.63, 3.8) is 0 Å². The number of carbonyl (C=O) groups is 1. The maximum atomic E-state index is 12.0. The Balaban J connectivity index is 1.66. The van der Waals surface area contributed by atoms with Crippen LogP contribution in [0.4, 0.5) is 5.69 Å². The molecule has 0 aliphatic carbocycles. The van der Waals surface area contributed by atoms with Crippen LogP contribution in [0.15, 0.2) is 60.8 Å². The quantitative estimate of drug-likeness (QED) is 0.786. The molecule has 0 radical (unpaired) electrons. The summed E-state index contributed by atoms with van der Waals surface area (Å²) in [4.78, 5) is 16.3. The van der Waals surface area contributed by atoms with E-state index in [2.05, 4.69) is 10.3 Å². The number of rotatable bonds is 5. The van der Waals surface area contributed by atoms with Gasteiger partial charge in [0.25, 0.3) is 5.91 Å². The fourth-order valence-corrected chi connectivity index (χ4v) is 2.23. The predicted octanol–water partition coefficient (Wildman–Crippen LogP) is 3.26. The molecule has 0 atom stereocenters. The number of pyridine rings is 1. The van der Waals surface area contributed by atoms with Crippen molar-refractivity contribution < 1.29 is 14.3 Å². The van der Waals surface area contributed by atoms with Gasteiger partial charge in [-0.3, -0.25) is 9.78 Å². The zero-order valence-corrected chi connectivity index (χ0v) is 12.7. The van der Waals surface area contributed by atoms with Crippen molar-refractivity contribution >= 4 is 22.5 Å². The number of hydrogen-bond acceptors (Lipinski definition) is 4. The van der Waals surface area contributed by atoms with Gasteiger partial charge in [-0.25, -0.2) is 0 Å². The van der Waals surface area contributed by atoms with Crippen molar-refractivity contribution in [2.45, 2.75) is 0 Å². The first-order valence-corrected chi connectivity index (χ1v) is 7.17. The Morgan fingerprint density at radius 2 is 1.96 bits per heavy atom. The summed E-state index contributed by atoms with van der Waals surface area (Å²) in [7, 11) is 1.58. The van der Waals surface area contributed by atoms with Crippen LogP contribution in [0.25, 0.3) is 10.9 Å². The molecule has 116 valence electrons. The van der Waals surface area contributed by atoms with E-state index >= 15 is 0 Å². The highest BCUT2D eigenvalue weighted by Crippen LogP contribution is 2.23. The second kappa shape index (κ2) is 6.79. The Morgan fingerprint density at radius 3 is 2.83 bits per heavy atom. The summed E-state index contributed by atoms with van der Waals surface area (Å²) in [5, 5.41) is 3.74. The van der Waals surface area contributed by atoms with E-state index in [1.54, 1.807) is 31.5 Å². The van der Waals surface area contributed by atoms with Gasteiger partial charge in [0.05, 0.1) is 7.11 Å². The van der Waals surface area contributed by atoms with Crippen molar-refractivity contribution in [1.82, 2.24) is 4.98 Å². The zero-order valence-electron chi connectivity index (χ0n) is 12.7. The van der Waals surface area contributed by atoms with Crippen LogP contribution in [0.5, 0.6) is 11.5 Å². The van der Waals surface area contributed by atoms with Gasteiger partial charge in [0.2, 0.25) is 0 Å². The monoisotopic (exact) mass is 308 g/mol. The number of nitrogens with zero attached hydrogens (tertiary/aromatic N) is 1. The Hall–Kier alpha value is -3.08. The molecular formula is C18H16N2O3. The van der Waals surface area contributed by atoms with Crippen molar-refractivity contribution in [3.05, 3.63) is 60.8 Å². The lowest BCUT2D eigenvalue weighted by molar-refractivity contribution is -0.118. The lowest BCUT2D eigenvalue weighted by Gasteiger charge is -2.10. The molecule has 5 nitrogen and oxygen atoms in total. The highest BCUT2D eigenvalue weighted by Gasteiger charge is 2.07. The smallest absolute Gasteiger partial charge is 0.262 e. The molecule has 3 aromatic rings. The third kappa shape index (κ3) is 3.58. The van der Waals surface area contributed by atoms with E-state index < -0.39 is 0 Å². The van der Waals surface area contributed by atoms with Crippen LogP contribution in [-0.4, -0.2) is 24.6 Å². The fraction of sp³-hybridized carbons (Fsp3) is 0.111. The molecule has 0 fully saturated rings. The van der Waals surface area contributed by atoms with Crippen molar-refractivity contribution in [2.24, 2.45) is 0 Å². The van der Waals surface area contributed by atoms with E-state index in [4.69, 9.17) is 9.47 Å². The predicted molar refractivity (Wildman–Crippen MR) is 88.9 cm³/mol. The summed E-state index contributed by atoms with van der Waals surface area (Å²) in [6.45, 7) is -0.0904. The molecule has 1 heterocycles. The van der Waals surface area contributed by atoms with Gasteiger partial charge in [0.1, 0.15) is 17.0 Å². The molecule has 1 aromatic heterocycles. The van der Waals surface area contributed by atoms with Gasteiger partial charge >= 0.3 is 0 Å². The molecular weight excluding hydrogens is 292 g/mol. The number of para-hydroxylation sites is 1. The van der Waals surface area contributed by atoms with Gasteiger partial charge in [-0.15, -0.1) is 0 Å². The van der Waals surface area contributed by atoms with Gasteiger partial charge in [0, 0.05) is 23.3 Å². The van der Waals surface area contributed by atoms with E-state index in [9.17, 15) is 4.79 Å². The van der Waals surface area contributed by atoms with Gasteiger partial charge in [-0.2, -0.15) is 0 Å². The minimum atomic E-state index is -0.244. The van der Waals surface area contributed by atoms with Crippen molar-refractivity contribution in [1.29, 1.82) is 0 Å². The van der Waals surface area contributed by atoms with Crippen molar-refractivity contribution in [3.8, 4) is 11.5 Å². The van der Waals surface area contributed by atoms with E-state index in [-0.39, 0.29) is 12.5 Å². The molecule has 1 amide bonds. The Kier molecular flexibility index (Phi) is 4.38. The number of nitrogens with one attached hydrogen (secondary N) is 1.